The van der Waals surface area contributed by atoms with Gasteiger partial charge in [-0.1, -0.05) is 72.5 Å². The first-order chi connectivity index (χ1) is 13.4. The Hall–Kier alpha value is -0.456. The molecule has 0 aromatic rings. The second-order valence-electron chi connectivity index (χ2n) is 10.8. The fraction of sp³-hybridized carbons (Fsp3) is 0.800. The molecule has 1 aliphatic carbocycles. The maximum atomic E-state index is 13.3. The van der Waals surface area contributed by atoms with Crippen molar-refractivity contribution >= 4 is 22.2 Å². The van der Waals surface area contributed by atoms with Crippen molar-refractivity contribution in [2.24, 2.45) is 23.7 Å². The Balaban J connectivity index is 3.38. The lowest BCUT2D eigenvalue weighted by Crippen LogP contribution is -2.49. The average molecular weight is 437 g/mol. The van der Waals surface area contributed by atoms with Crippen LogP contribution in [0.5, 0.6) is 0 Å². The quantitative estimate of drug-likeness (QED) is 0.218. The number of allylic oxidation sites excluding steroid dienone is 2. The zero-order valence-corrected chi connectivity index (χ0v) is 22.6. The lowest BCUT2D eigenvalue weighted by atomic mass is 9.75. The molecule has 1 fully saturated rings. The molecule has 168 valence electrons. The van der Waals surface area contributed by atoms with Gasteiger partial charge in [0.2, 0.25) is 0 Å². The van der Waals surface area contributed by atoms with Crippen LogP contribution in [0.25, 0.3) is 0 Å². The highest BCUT2D eigenvalue weighted by atomic mass is 28.4. The minimum absolute atomic E-state index is 0.0114. The number of hydrogen-bond acceptors (Lipinski definition) is 2. The van der Waals surface area contributed by atoms with Gasteiger partial charge in [0.1, 0.15) is 5.78 Å². The summed E-state index contributed by atoms with van der Waals surface area (Å²) in [6.07, 6.45) is 4.61. The third-order valence-corrected chi connectivity index (χ3v) is 13.3. The first-order valence-electron chi connectivity index (χ1n) is 11.9. The van der Waals surface area contributed by atoms with Crippen LogP contribution in [-0.4, -0.2) is 28.3 Å². The molecule has 0 spiro atoms. The number of ketones is 1. The van der Waals surface area contributed by atoms with Crippen LogP contribution >= 0.6 is 0 Å². The maximum Gasteiger partial charge on any atom is 0.192 e. The van der Waals surface area contributed by atoms with Crippen LogP contribution in [0.3, 0.4) is 0 Å². The largest absolute Gasteiger partial charge is 0.413 e. The van der Waals surface area contributed by atoms with Crippen molar-refractivity contribution in [1.29, 1.82) is 0 Å². The van der Waals surface area contributed by atoms with Gasteiger partial charge in [0, 0.05) is 20.4 Å². The van der Waals surface area contributed by atoms with Crippen LogP contribution in [0.4, 0.5) is 0 Å². The lowest BCUT2D eigenvalue weighted by Gasteiger charge is -2.43. The van der Waals surface area contributed by atoms with Crippen LogP contribution in [0, 0.1) is 23.7 Å². The number of carbonyl (C=O) groups excluding carboxylic acids is 1. The fourth-order valence-corrected chi connectivity index (χ4v) is 9.77. The molecule has 0 bridgehead atoms. The molecule has 0 N–H and O–H groups in total. The van der Waals surface area contributed by atoms with E-state index in [-0.39, 0.29) is 12.0 Å². The van der Waals surface area contributed by atoms with E-state index in [0.717, 1.165) is 37.0 Å². The SMILES string of the molecule is C=CC[C@H](C(C)C)[C@H](O[Si](CC)(CC)CC)[C@H]1C(=O)CC[C@@H]1C(=C)C[Si](C)(C)C. The number of Topliss-reactive ketones (excluding diaryl/α,β-unsaturated/α-hetero) is 1. The smallest absolute Gasteiger partial charge is 0.192 e. The van der Waals surface area contributed by atoms with Crippen molar-refractivity contribution in [2.75, 3.05) is 0 Å². The van der Waals surface area contributed by atoms with Gasteiger partial charge in [-0.05, 0) is 54.8 Å². The normalized spacial score (nSPS) is 22.7. The van der Waals surface area contributed by atoms with Crippen molar-refractivity contribution in [1.82, 2.24) is 0 Å². The molecule has 0 aliphatic heterocycles. The summed E-state index contributed by atoms with van der Waals surface area (Å²) < 4.78 is 7.17. The summed E-state index contributed by atoms with van der Waals surface area (Å²) in [6.45, 7) is 27.2. The van der Waals surface area contributed by atoms with Gasteiger partial charge in [-0.2, -0.15) is 0 Å². The molecular weight excluding hydrogens is 388 g/mol. The Kier molecular flexibility index (Phi) is 10.3. The molecule has 0 amide bonds. The van der Waals surface area contributed by atoms with E-state index >= 15 is 0 Å². The third-order valence-electron chi connectivity index (χ3n) is 7.18. The van der Waals surface area contributed by atoms with E-state index < -0.39 is 16.4 Å². The highest BCUT2D eigenvalue weighted by Crippen LogP contribution is 2.45. The summed E-state index contributed by atoms with van der Waals surface area (Å²) in [5.74, 6) is 1.51. The summed E-state index contributed by atoms with van der Waals surface area (Å²) in [5, 5.41) is 0. The lowest BCUT2D eigenvalue weighted by molar-refractivity contribution is -0.125. The molecule has 4 atom stereocenters. The molecule has 0 saturated heterocycles. The maximum absolute atomic E-state index is 13.3. The second-order valence-corrected chi connectivity index (χ2v) is 21.0. The average Bonchev–Trinajstić information content (AvgIpc) is 3.02. The van der Waals surface area contributed by atoms with Gasteiger partial charge in [0.05, 0.1) is 6.10 Å². The second kappa shape index (κ2) is 11.2. The minimum atomic E-state index is -1.83. The van der Waals surface area contributed by atoms with E-state index in [1.165, 1.54) is 5.57 Å². The Morgan fingerprint density at radius 2 is 1.72 bits per heavy atom. The number of hydrogen-bond donors (Lipinski definition) is 0. The number of rotatable bonds is 13. The van der Waals surface area contributed by atoms with Gasteiger partial charge in [0.25, 0.3) is 0 Å². The minimum Gasteiger partial charge on any atom is -0.413 e. The van der Waals surface area contributed by atoms with Crippen molar-refractivity contribution in [3.63, 3.8) is 0 Å². The van der Waals surface area contributed by atoms with Crippen molar-refractivity contribution in [3.8, 4) is 0 Å². The molecule has 0 aromatic carbocycles. The third kappa shape index (κ3) is 7.03. The zero-order valence-electron chi connectivity index (χ0n) is 20.6. The first-order valence-corrected chi connectivity index (χ1v) is 18.2. The molecule has 0 aromatic heterocycles. The summed E-state index contributed by atoms with van der Waals surface area (Å²) in [4.78, 5) is 13.3. The van der Waals surface area contributed by atoms with Crippen molar-refractivity contribution < 1.29 is 9.22 Å². The van der Waals surface area contributed by atoms with Crippen LogP contribution < -0.4 is 0 Å². The molecular formula is C25H48O2Si2. The van der Waals surface area contributed by atoms with Crippen LogP contribution in [0.1, 0.15) is 53.9 Å². The van der Waals surface area contributed by atoms with E-state index in [2.05, 4.69) is 67.4 Å². The van der Waals surface area contributed by atoms with Gasteiger partial charge in [-0.25, -0.2) is 0 Å². The summed E-state index contributed by atoms with van der Waals surface area (Å²) in [6, 6.07) is 4.48. The van der Waals surface area contributed by atoms with E-state index in [1.54, 1.807) is 0 Å². The van der Waals surface area contributed by atoms with E-state index in [4.69, 9.17) is 4.43 Å². The molecule has 0 radical (unpaired) electrons. The number of carbonyl (C=O) groups is 1. The molecule has 29 heavy (non-hydrogen) atoms. The van der Waals surface area contributed by atoms with Gasteiger partial charge in [-0.3, -0.25) is 4.79 Å². The fourth-order valence-electron chi connectivity index (χ4n) is 5.24. The zero-order chi connectivity index (χ0) is 22.4. The topological polar surface area (TPSA) is 26.3 Å². The highest BCUT2D eigenvalue weighted by molar-refractivity contribution is 6.76. The molecule has 2 nitrogen and oxygen atoms in total. The molecule has 1 rings (SSSR count). The Morgan fingerprint density at radius 3 is 2.14 bits per heavy atom. The van der Waals surface area contributed by atoms with Gasteiger partial charge in [0.15, 0.2) is 8.32 Å². The predicted octanol–water partition coefficient (Wildman–Crippen LogP) is 7.71. The summed E-state index contributed by atoms with van der Waals surface area (Å²) in [7, 11) is -3.10. The van der Waals surface area contributed by atoms with Gasteiger partial charge >= 0.3 is 0 Å². The van der Waals surface area contributed by atoms with Crippen LogP contribution in [0.15, 0.2) is 24.8 Å². The Morgan fingerprint density at radius 1 is 1.17 bits per heavy atom. The van der Waals surface area contributed by atoms with Gasteiger partial charge in [-0.15, -0.1) is 6.58 Å². The van der Waals surface area contributed by atoms with Gasteiger partial charge < -0.3 is 4.43 Å². The van der Waals surface area contributed by atoms with Crippen molar-refractivity contribution in [2.45, 2.75) is 104 Å². The van der Waals surface area contributed by atoms with E-state index in [1.807, 2.05) is 6.08 Å². The van der Waals surface area contributed by atoms with E-state index in [0.29, 0.717) is 30.0 Å². The molecule has 0 unspecified atom stereocenters. The monoisotopic (exact) mass is 436 g/mol. The molecule has 1 saturated carbocycles. The molecule has 4 heteroatoms. The summed E-state index contributed by atoms with van der Waals surface area (Å²) >= 11 is 0. The van der Waals surface area contributed by atoms with Crippen molar-refractivity contribution in [3.05, 3.63) is 24.8 Å². The van der Waals surface area contributed by atoms with Crippen LogP contribution in [-0.2, 0) is 9.22 Å². The predicted molar refractivity (Wildman–Crippen MR) is 134 cm³/mol. The van der Waals surface area contributed by atoms with E-state index in [9.17, 15) is 4.79 Å². The molecule has 0 heterocycles. The summed E-state index contributed by atoms with van der Waals surface area (Å²) in [5.41, 5.74) is 1.31. The van der Waals surface area contributed by atoms with Crippen LogP contribution in [0.2, 0.25) is 43.8 Å². The highest BCUT2D eigenvalue weighted by Gasteiger charge is 2.48. The Bertz CT molecular complexity index is 549. The standard InChI is InChI=1S/C25H48O2Si2/c1-11-15-21(19(5)6)25(27-29(12-2,13-3)14-4)24-22(16-17-23(24)26)20(7)18-28(8,9)10/h11,19,21-22,24-25H,1,7,12-18H2,2-6,8-10H3/t21-,22-,24-,25+/m1/s1. The Labute approximate surface area is 183 Å². The first kappa shape index (κ1) is 26.6. The molecule has 1 aliphatic rings.